The minimum atomic E-state index is -0.0525. The van der Waals surface area contributed by atoms with Crippen LogP contribution in [0.1, 0.15) is 5.56 Å². The maximum Gasteiger partial charge on any atom is 0.239 e. The van der Waals surface area contributed by atoms with Gasteiger partial charge in [-0.1, -0.05) is 0 Å². The van der Waals surface area contributed by atoms with E-state index in [0.29, 0.717) is 0 Å². The van der Waals surface area contributed by atoms with Gasteiger partial charge in [-0.2, -0.15) is 0 Å². The molecule has 13 heavy (non-hydrogen) atoms. The standard InChI is InChI=1S/C9H13N3O/c1-7-3-4-11-8(5-7)12-6-9(13)10-2/h3-5H,6H2,1-2H3,(H,10,13)(H,11,12). The fourth-order valence-electron chi connectivity index (χ4n) is 0.892. The number of nitrogens with one attached hydrogen (secondary N) is 2. The maximum atomic E-state index is 10.9. The molecule has 4 heteroatoms. The van der Waals surface area contributed by atoms with Gasteiger partial charge in [0, 0.05) is 13.2 Å². The highest BCUT2D eigenvalue weighted by molar-refractivity contribution is 5.80. The molecule has 0 saturated heterocycles. The predicted molar refractivity (Wildman–Crippen MR) is 51.5 cm³/mol. The third-order valence-electron chi connectivity index (χ3n) is 1.62. The highest BCUT2D eigenvalue weighted by Crippen LogP contribution is 2.03. The van der Waals surface area contributed by atoms with Gasteiger partial charge in [0.05, 0.1) is 6.54 Å². The van der Waals surface area contributed by atoms with E-state index in [1.54, 1.807) is 13.2 Å². The molecule has 0 aromatic carbocycles. The highest BCUT2D eigenvalue weighted by Gasteiger charge is 1.97. The van der Waals surface area contributed by atoms with Crippen molar-refractivity contribution in [3.8, 4) is 0 Å². The quantitative estimate of drug-likeness (QED) is 0.712. The lowest BCUT2D eigenvalue weighted by atomic mass is 10.3. The van der Waals surface area contributed by atoms with Gasteiger partial charge in [0.1, 0.15) is 5.82 Å². The van der Waals surface area contributed by atoms with Gasteiger partial charge in [-0.25, -0.2) is 4.98 Å². The zero-order chi connectivity index (χ0) is 9.68. The van der Waals surface area contributed by atoms with Gasteiger partial charge in [0.2, 0.25) is 5.91 Å². The molecular weight excluding hydrogens is 166 g/mol. The van der Waals surface area contributed by atoms with Crippen LogP contribution in [0.4, 0.5) is 5.82 Å². The van der Waals surface area contributed by atoms with Crippen LogP contribution < -0.4 is 10.6 Å². The maximum absolute atomic E-state index is 10.9. The van der Waals surface area contributed by atoms with E-state index in [9.17, 15) is 4.79 Å². The molecule has 70 valence electrons. The van der Waals surface area contributed by atoms with E-state index in [-0.39, 0.29) is 12.5 Å². The van der Waals surface area contributed by atoms with Crippen LogP contribution >= 0.6 is 0 Å². The third-order valence-corrected chi connectivity index (χ3v) is 1.62. The topological polar surface area (TPSA) is 54.0 Å². The normalized spacial score (nSPS) is 9.38. The Morgan fingerprint density at radius 2 is 2.38 bits per heavy atom. The average molecular weight is 179 g/mol. The number of pyridine rings is 1. The Bertz CT molecular complexity index is 299. The highest BCUT2D eigenvalue weighted by atomic mass is 16.1. The smallest absolute Gasteiger partial charge is 0.239 e. The Hall–Kier alpha value is -1.58. The van der Waals surface area contributed by atoms with Gasteiger partial charge >= 0.3 is 0 Å². The summed E-state index contributed by atoms with van der Waals surface area (Å²) in [4.78, 5) is 14.9. The van der Waals surface area contributed by atoms with Gasteiger partial charge in [-0.15, -0.1) is 0 Å². The molecule has 1 rings (SSSR count). The monoisotopic (exact) mass is 179 g/mol. The summed E-state index contributed by atoms with van der Waals surface area (Å²) in [6.07, 6.45) is 1.71. The molecule has 2 N–H and O–H groups in total. The molecule has 0 atom stereocenters. The number of hydrogen-bond donors (Lipinski definition) is 2. The van der Waals surface area contributed by atoms with E-state index in [4.69, 9.17) is 0 Å². The van der Waals surface area contributed by atoms with Crippen LogP contribution in [-0.2, 0) is 4.79 Å². The van der Waals surface area contributed by atoms with Gasteiger partial charge < -0.3 is 10.6 Å². The Morgan fingerprint density at radius 3 is 3.00 bits per heavy atom. The summed E-state index contributed by atoms with van der Waals surface area (Å²) >= 11 is 0. The van der Waals surface area contributed by atoms with E-state index < -0.39 is 0 Å². The number of aryl methyl sites for hydroxylation is 1. The van der Waals surface area contributed by atoms with Crippen LogP contribution in [0.2, 0.25) is 0 Å². The molecule has 1 aromatic rings. The first-order chi connectivity index (χ1) is 6.22. The largest absolute Gasteiger partial charge is 0.361 e. The summed E-state index contributed by atoms with van der Waals surface area (Å²) in [7, 11) is 1.60. The van der Waals surface area contributed by atoms with E-state index in [2.05, 4.69) is 15.6 Å². The van der Waals surface area contributed by atoms with Crippen LogP contribution in [0.15, 0.2) is 18.3 Å². The SMILES string of the molecule is CNC(=O)CNc1cc(C)ccn1. The zero-order valence-electron chi connectivity index (χ0n) is 7.79. The van der Waals surface area contributed by atoms with Gasteiger partial charge in [0.15, 0.2) is 0 Å². The molecule has 1 aromatic heterocycles. The second-order valence-electron chi connectivity index (χ2n) is 2.75. The van der Waals surface area contributed by atoms with E-state index in [1.165, 1.54) is 0 Å². The van der Waals surface area contributed by atoms with E-state index in [0.717, 1.165) is 11.4 Å². The fourth-order valence-corrected chi connectivity index (χ4v) is 0.892. The van der Waals surface area contributed by atoms with Crippen LogP contribution in [-0.4, -0.2) is 24.5 Å². The van der Waals surface area contributed by atoms with Crippen molar-refractivity contribution in [1.29, 1.82) is 0 Å². The van der Waals surface area contributed by atoms with E-state index in [1.807, 2.05) is 19.1 Å². The molecule has 0 radical (unpaired) electrons. The van der Waals surface area contributed by atoms with Crippen LogP contribution in [0.3, 0.4) is 0 Å². The number of aromatic nitrogens is 1. The van der Waals surface area contributed by atoms with Crippen molar-refractivity contribution < 1.29 is 4.79 Å². The minimum Gasteiger partial charge on any atom is -0.361 e. The zero-order valence-corrected chi connectivity index (χ0v) is 7.79. The van der Waals surface area contributed by atoms with Gasteiger partial charge in [-0.05, 0) is 24.6 Å². The summed E-state index contributed by atoms with van der Waals surface area (Å²) in [5, 5.41) is 5.43. The van der Waals surface area contributed by atoms with Crippen LogP contribution in [0.5, 0.6) is 0 Å². The minimum absolute atomic E-state index is 0.0525. The molecular formula is C9H13N3O. The number of likely N-dealkylation sites (N-methyl/N-ethyl adjacent to an activating group) is 1. The summed E-state index contributed by atoms with van der Waals surface area (Å²) in [6.45, 7) is 2.24. The Balaban J connectivity index is 2.50. The number of nitrogens with zero attached hydrogens (tertiary/aromatic N) is 1. The third kappa shape index (κ3) is 3.11. The van der Waals surface area contributed by atoms with Crippen molar-refractivity contribution in [3.63, 3.8) is 0 Å². The Morgan fingerprint density at radius 1 is 1.62 bits per heavy atom. The molecule has 0 saturated carbocycles. The summed E-state index contributed by atoms with van der Waals surface area (Å²) in [6, 6.07) is 3.80. The van der Waals surface area contributed by atoms with Crippen LogP contribution in [0, 0.1) is 6.92 Å². The van der Waals surface area contributed by atoms with Crippen molar-refractivity contribution in [2.75, 3.05) is 18.9 Å². The van der Waals surface area contributed by atoms with Gasteiger partial charge in [0.25, 0.3) is 0 Å². The average Bonchev–Trinajstić information content (AvgIpc) is 2.14. The molecule has 0 aliphatic heterocycles. The van der Waals surface area contributed by atoms with Crippen molar-refractivity contribution >= 4 is 11.7 Å². The van der Waals surface area contributed by atoms with Crippen molar-refractivity contribution in [2.24, 2.45) is 0 Å². The first-order valence-corrected chi connectivity index (χ1v) is 4.09. The first kappa shape index (κ1) is 9.51. The molecule has 1 amide bonds. The number of hydrogen-bond acceptors (Lipinski definition) is 3. The number of carbonyl (C=O) groups excluding carboxylic acids is 1. The molecule has 0 aliphatic carbocycles. The summed E-state index contributed by atoms with van der Waals surface area (Å²) in [5.41, 5.74) is 1.12. The second-order valence-corrected chi connectivity index (χ2v) is 2.75. The Labute approximate surface area is 77.4 Å². The Kier molecular flexibility index (Phi) is 3.25. The van der Waals surface area contributed by atoms with Crippen LogP contribution in [0.25, 0.3) is 0 Å². The molecule has 0 bridgehead atoms. The van der Waals surface area contributed by atoms with Crippen molar-refractivity contribution in [2.45, 2.75) is 6.92 Å². The first-order valence-electron chi connectivity index (χ1n) is 4.09. The molecule has 0 unspecified atom stereocenters. The number of carbonyl (C=O) groups is 1. The second kappa shape index (κ2) is 4.45. The number of rotatable bonds is 3. The summed E-state index contributed by atoms with van der Waals surface area (Å²) in [5.74, 6) is 0.673. The summed E-state index contributed by atoms with van der Waals surface area (Å²) < 4.78 is 0. The molecule has 0 fully saturated rings. The lowest BCUT2D eigenvalue weighted by molar-refractivity contribution is -0.118. The van der Waals surface area contributed by atoms with Crippen molar-refractivity contribution in [3.05, 3.63) is 23.9 Å². The molecule has 4 nitrogen and oxygen atoms in total. The number of amides is 1. The fraction of sp³-hybridized carbons (Fsp3) is 0.333. The van der Waals surface area contributed by atoms with Crippen molar-refractivity contribution in [1.82, 2.24) is 10.3 Å². The predicted octanol–water partition coefficient (Wildman–Crippen LogP) is 0.548. The van der Waals surface area contributed by atoms with Gasteiger partial charge in [-0.3, -0.25) is 4.79 Å². The molecule has 0 spiro atoms. The lowest BCUT2D eigenvalue weighted by Crippen LogP contribution is -2.26. The lowest BCUT2D eigenvalue weighted by Gasteiger charge is -2.04. The van der Waals surface area contributed by atoms with E-state index >= 15 is 0 Å². The number of anilines is 1. The molecule has 0 aliphatic rings. The molecule has 1 heterocycles.